The highest BCUT2D eigenvalue weighted by Crippen LogP contribution is 2.17. The SMILES string of the molecule is CC(C)CCNCC(C)N(C)Cc1ccccc1Cl. The molecule has 1 N–H and O–H groups in total. The number of nitrogens with zero attached hydrogens (tertiary/aromatic N) is 1. The molecule has 1 rings (SSSR count). The summed E-state index contributed by atoms with van der Waals surface area (Å²) in [6.45, 7) is 9.78. The largest absolute Gasteiger partial charge is 0.315 e. The Balaban J connectivity index is 2.32. The maximum Gasteiger partial charge on any atom is 0.0451 e. The first kappa shape index (κ1) is 16.5. The van der Waals surface area contributed by atoms with Gasteiger partial charge in [0.2, 0.25) is 0 Å². The van der Waals surface area contributed by atoms with E-state index in [-0.39, 0.29) is 0 Å². The van der Waals surface area contributed by atoms with Crippen molar-refractivity contribution in [3.05, 3.63) is 34.9 Å². The number of halogens is 1. The molecule has 1 aromatic rings. The van der Waals surface area contributed by atoms with Gasteiger partial charge in [0.15, 0.2) is 0 Å². The third-order valence-corrected chi connectivity index (χ3v) is 3.84. The molecule has 0 saturated heterocycles. The Hall–Kier alpha value is -0.570. The van der Waals surface area contributed by atoms with Crippen LogP contribution in [0.3, 0.4) is 0 Å². The summed E-state index contributed by atoms with van der Waals surface area (Å²) in [7, 11) is 2.15. The topological polar surface area (TPSA) is 15.3 Å². The minimum Gasteiger partial charge on any atom is -0.315 e. The van der Waals surface area contributed by atoms with Gasteiger partial charge in [-0.05, 0) is 44.5 Å². The average molecular weight is 283 g/mol. The summed E-state index contributed by atoms with van der Waals surface area (Å²) >= 11 is 6.19. The summed E-state index contributed by atoms with van der Waals surface area (Å²) in [6.07, 6.45) is 1.24. The van der Waals surface area contributed by atoms with Crippen LogP contribution in [-0.2, 0) is 6.54 Å². The normalized spacial score (nSPS) is 13.2. The molecule has 0 aliphatic heterocycles. The molecule has 0 radical (unpaired) electrons. The number of nitrogens with one attached hydrogen (secondary N) is 1. The van der Waals surface area contributed by atoms with Crippen molar-refractivity contribution in [1.29, 1.82) is 0 Å². The quantitative estimate of drug-likeness (QED) is 0.730. The van der Waals surface area contributed by atoms with Gasteiger partial charge in [-0.25, -0.2) is 0 Å². The molecular formula is C16H27ClN2. The Morgan fingerprint density at radius 2 is 1.89 bits per heavy atom. The predicted molar refractivity (Wildman–Crippen MR) is 84.7 cm³/mol. The Morgan fingerprint density at radius 3 is 2.53 bits per heavy atom. The first-order valence-electron chi connectivity index (χ1n) is 7.15. The number of rotatable bonds is 8. The fourth-order valence-electron chi connectivity index (χ4n) is 1.91. The highest BCUT2D eigenvalue weighted by molar-refractivity contribution is 6.31. The van der Waals surface area contributed by atoms with E-state index < -0.39 is 0 Å². The van der Waals surface area contributed by atoms with Gasteiger partial charge in [0.25, 0.3) is 0 Å². The fraction of sp³-hybridized carbons (Fsp3) is 0.625. The van der Waals surface area contributed by atoms with Gasteiger partial charge in [-0.2, -0.15) is 0 Å². The molecule has 0 bridgehead atoms. The van der Waals surface area contributed by atoms with Crippen LogP contribution in [0.1, 0.15) is 32.8 Å². The summed E-state index contributed by atoms with van der Waals surface area (Å²) in [5, 5.41) is 4.38. The molecular weight excluding hydrogens is 256 g/mol. The minimum atomic E-state index is 0.503. The second-order valence-electron chi connectivity index (χ2n) is 5.74. The molecule has 0 spiro atoms. The third kappa shape index (κ3) is 6.42. The van der Waals surface area contributed by atoms with Crippen molar-refractivity contribution in [2.75, 3.05) is 20.1 Å². The minimum absolute atomic E-state index is 0.503. The molecule has 0 amide bonds. The fourth-order valence-corrected chi connectivity index (χ4v) is 2.10. The van der Waals surface area contributed by atoms with Gasteiger partial charge in [0, 0.05) is 24.2 Å². The number of hydrogen-bond acceptors (Lipinski definition) is 2. The lowest BCUT2D eigenvalue weighted by Crippen LogP contribution is -2.38. The van der Waals surface area contributed by atoms with Crippen LogP contribution < -0.4 is 5.32 Å². The van der Waals surface area contributed by atoms with Gasteiger partial charge < -0.3 is 5.32 Å². The number of hydrogen-bond donors (Lipinski definition) is 1. The lowest BCUT2D eigenvalue weighted by atomic mass is 10.1. The molecule has 1 atom stereocenters. The van der Waals surface area contributed by atoms with E-state index in [9.17, 15) is 0 Å². The summed E-state index contributed by atoms with van der Waals surface area (Å²) in [4.78, 5) is 2.34. The number of likely N-dealkylation sites (N-methyl/N-ethyl adjacent to an activating group) is 1. The van der Waals surface area contributed by atoms with Crippen molar-refractivity contribution in [3.8, 4) is 0 Å². The van der Waals surface area contributed by atoms with E-state index in [4.69, 9.17) is 11.6 Å². The van der Waals surface area contributed by atoms with Gasteiger partial charge in [0.1, 0.15) is 0 Å². The summed E-state index contributed by atoms with van der Waals surface area (Å²) in [5.41, 5.74) is 1.20. The molecule has 0 aliphatic carbocycles. The summed E-state index contributed by atoms with van der Waals surface area (Å²) in [6, 6.07) is 8.57. The van der Waals surface area contributed by atoms with Crippen molar-refractivity contribution in [2.45, 2.75) is 39.8 Å². The second-order valence-corrected chi connectivity index (χ2v) is 6.15. The Kier molecular flexibility index (Phi) is 7.44. The molecule has 2 nitrogen and oxygen atoms in total. The molecule has 0 saturated carbocycles. The van der Waals surface area contributed by atoms with Gasteiger partial charge >= 0.3 is 0 Å². The maximum absolute atomic E-state index is 6.19. The van der Waals surface area contributed by atoms with E-state index >= 15 is 0 Å². The molecule has 3 heteroatoms. The van der Waals surface area contributed by atoms with E-state index in [0.717, 1.165) is 30.6 Å². The molecule has 1 unspecified atom stereocenters. The van der Waals surface area contributed by atoms with E-state index in [1.54, 1.807) is 0 Å². The lowest BCUT2D eigenvalue weighted by Gasteiger charge is -2.25. The van der Waals surface area contributed by atoms with Crippen molar-refractivity contribution in [3.63, 3.8) is 0 Å². The van der Waals surface area contributed by atoms with Gasteiger partial charge in [-0.15, -0.1) is 0 Å². The van der Waals surface area contributed by atoms with Crippen molar-refractivity contribution < 1.29 is 0 Å². The average Bonchev–Trinajstić information content (AvgIpc) is 2.36. The first-order valence-corrected chi connectivity index (χ1v) is 7.53. The van der Waals surface area contributed by atoms with Crippen LogP contribution >= 0.6 is 11.6 Å². The van der Waals surface area contributed by atoms with Crippen LogP contribution in [0.15, 0.2) is 24.3 Å². The van der Waals surface area contributed by atoms with Crippen LogP contribution in [0.5, 0.6) is 0 Å². The smallest absolute Gasteiger partial charge is 0.0451 e. The van der Waals surface area contributed by atoms with E-state index in [1.165, 1.54) is 12.0 Å². The lowest BCUT2D eigenvalue weighted by molar-refractivity contribution is 0.242. The Labute approximate surface area is 123 Å². The summed E-state index contributed by atoms with van der Waals surface area (Å²) in [5.74, 6) is 0.767. The zero-order valence-electron chi connectivity index (χ0n) is 12.6. The molecule has 0 fully saturated rings. The maximum atomic E-state index is 6.19. The van der Waals surface area contributed by atoms with Crippen LogP contribution in [0.4, 0.5) is 0 Å². The van der Waals surface area contributed by atoms with Crippen molar-refractivity contribution in [1.82, 2.24) is 10.2 Å². The molecule has 19 heavy (non-hydrogen) atoms. The Bertz CT molecular complexity index is 366. The molecule has 0 aromatic heterocycles. The monoisotopic (exact) mass is 282 g/mol. The predicted octanol–water partition coefficient (Wildman–Crippen LogP) is 3.80. The zero-order chi connectivity index (χ0) is 14.3. The molecule has 0 aliphatic rings. The molecule has 108 valence electrons. The van der Waals surface area contributed by atoms with Crippen LogP contribution in [0.2, 0.25) is 5.02 Å². The molecule has 0 heterocycles. The van der Waals surface area contributed by atoms with Crippen LogP contribution in [0.25, 0.3) is 0 Å². The van der Waals surface area contributed by atoms with Gasteiger partial charge in [-0.3, -0.25) is 4.90 Å². The Morgan fingerprint density at radius 1 is 1.21 bits per heavy atom. The molecule has 1 aromatic carbocycles. The standard InChI is InChI=1S/C16H27ClN2/c1-13(2)9-10-18-11-14(3)19(4)12-15-7-5-6-8-16(15)17/h5-8,13-14,18H,9-12H2,1-4H3. The van der Waals surface area contributed by atoms with E-state index in [0.29, 0.717) is 6.04 Å². The van der Waals surface area contributed by atoms with Gasteiger partial charge in [0.05, 0.1) is 0 Å². The van der Waals surface area contributed by atoms with Crippen LogP contribution in [0, 0.1) is 5.92 Å². The van der Waals surface area contributed by atoms with Crippen molar-refractivity contribution in [2.24, 2.45) is 5.92 Å². The summed E-state index contributed by atoms with van der Waals surface area (Å²) < 4.78 is 0. The highest BCUT2D eigenvalue weighted by atomic mass is 35.5. The first-order chi connectivity index (χ1) is 9.00. The highest BCUT2D eigenvalue weighted by Gasteiger charge is 2.10. The third-order valence-electron chi connectivity index (χ3n) is 3.47. The van der Waals surface area contributed by atoms with Crippen LogP contribution in [-0.4, -0.2) is 31.1 Å². The van der Waals surface area contributed by atoms with E-state index in [2.05, 4.69) is 44.1 Å². The zero-order valence-corrected chi connectivity index (χ0v) is 13.4. The van der Waals surface area contributed by atoms with Crippen molar-refractivity contribution >= 4 is 11.6 Å². The van der Waals surface area contributed by atoms with E-state index in [1.807, 2.05) is 18.2 Å². The second kappa shape index (κ2) is 8.57. The number of benzene rings is 1. The van der Waals surface area contributed by atoms with Gasteiger partial charge in [-0.1, -0.05) is 43.6 Å².